The molecule has 152 valence electrons. The van der Waals surface area contributed by atoms with Gasteiger partial charge < -0.3 is 5.11 Å². The van der Waals surface area contributed by atoms with Gasteiger partial charge in [0.25, 0.3) is 0 Å². The lowest BCUT2D eigenvalue weighted by Crippen LogP contribution is -2.37. The summed E-state index contributed by atoms with van der Waals surface area (Å²) in [6.07, 6.45) is -0.536. The molecule has 0 heterocycles. The van der Waals surface area contributed by atoms with Crippen LogP contribution in [0.1, 0.15) is 52.0 Å². The standard InChI is InChI=1S/C27H33NO/c1-19-15-21(3)26(22(4)16-19)18-28(17-25-14-10-9-11-20(25)2)23(5)27(29)24-12-7-6-8-13-24/h6-16,23,27,29H,17-18H2,1-5H3/t23-,27-/m0/s1. The van der Waals surface area contributed by atoms with E-state index in [-0.39, 0.29) is 6.04 Å². The number of aryl methyl sites for hydroxylation is 4. The van der Waals surface area contributed by atoms with Crippen molar-refractivity contribution < 1.29 is 5.11 Å². The predicted molar refractivity (Wildman–Crippen MR) is 122 cm³/mol. The fourth-order valence-electron chi connectivity index (χ4n) is 4.14. The number of hydrogen-bond acceptors (Lipinski definition) is 2. The van der Waals surface area contributed by atoms with Gasteiger partial charge in [0.15, 0.2) is 0 Å². The van der Waals surface area contributed by atoms with Gasteiger partial charge >= 0.3 is 0 Å². The fraction of sp³-hybridized carbons (Fsp3) is 0.333. The summed E-state index contributed by atoms with van der Waals surface area (Å²) < 4.78 is 0. The van der Waals surface area contributed by atoms with Crippen LogP contribution in [-0.2, 0) is 13.1 Å². The topological polar surface area (TPSA) is 23.5 Å². The van der Waals surface area contributed by atoms with Gasteiger partial charge in [0.1, 0.15) is 0 Å². The first-order valence-electron chi connectivity index (χ1n) is 10.4. The van der Waals surface area contributed by atoms with Crippen molar-refractivity contribution in [3.05, 3.63) is 106 Å². The van der Waals surface area contributed by atoms with Crippen molar-refractivity contribution in [2.75, 3.05) is 0 Å². The summed E-state index contributed by atoms with van der Waals surface area (Å²) in [5, 5.41) is 11.1. The third-order valence-electron chi connectivity index (χ3n) is 6.01. The number of benzene rings is 3. The average Bonchev–Trinajstić information content (AvgIpc) is 2.70. The zero-order chi connectivity index (χ0) is 21.0. The van der Waals surface area contributed by atoms with Gasteiger partial charge in [-0.15, -0.1) is 0 Å². The van der Waals surface area contributed by atoms with Gasteiger partial charge in [0.05, 0.1) is 6.10 Å². The molecule has 0 aliphatic carbocycles. The van der Waals surface area contributed by atoms with E-state index in [0.717, 1.165) is 18.7 Å². The maximum Gasteiger partial charge on any atom is 0.0942 e. The third-order valence-corrected chi connectivity index (χ3v) is 6.01. The highest BCUT2D eigenvalue weighted by molar-refractivity contribution is 5.37. The van der Waals surface area contributed by atoms with Crippen molar-refractivity contribution in [2.45, 2.75) is 59.9 Å². The minimum atomic E-state index is -0.536. The molecule has 2 nitrogen and oxygen atoms in total. The van der Waals surface area contributed by atoms with Crippen LogP contribution in [-0.4, -0.2) is 16.0 Å². The second kappa shape index (κ2) is 9.39. The quantitative estimate of drug-likeness (QED) is 0.534. The van der Waals surface area contributed by atoms with Crippen LogP contribution in [0, 0.1) is 27.7 Å². The van der Waals surface area contributed by atoms with Crippen LogP contribution in [0.2, 0.25) is 0 Å². The molecule has 0 saturated heterocycles. The molecule has 0 aliphatic rings. The minimum Gasteiger partial charge on any atom is -0.387 e. The van der Waals surface area contributed by atoms with Crippen LogP contribution in [0.15, 0.2) is 66.7 Å². The van der Waals surface area contributed by atoms with Crippen LogP contribution in [0.3, 0.4) is 0 Å². The zero-order valence-electron chi connectivity index (χ0n) is 18.3. The Balaban J connectivity index is 1.94. The predicted octanol–water partition coefficient (Wildman–Crippen LogP) is 6.04. The van der Waals surface area contributed by atoms with Crippen molar-refractivity contribution in [1.82, 2.24) is 4.90 Å². The summed E-state index contributed by atoms with van der Waals surface area (Å²) in [6, 6.07) is 23.0. The lowest BCUT2D eigenvalue weighted by molar-refractivity contribution is 0.0481. The molecule has 3 aromatic carbocycles. The SMILES string of the molecule is Cc1cc(C)c(CN(Cc2ccccc2C)[C@@H](C)[C@H](O)c2ccccc2)c(C)c1. The number of aliphatic hydroxyl groups excluding tert-OH is 1. The summed E-state index contributed by atoms with van der Waals surface area (Å²) in [6.45, 7) is 12.5. The molecule has 1 N–H and O–H groups in total. The highest BCUT2D eigenvalue weighted by Gasteiger charge is 2.25. The Morgan fingerprint density at radius 2 is 1.34 bits per heavy atom. The number of aliphatic hydroxyl groups is 1. The molecule has 3 aromatic rings. The van der Waals surface area contributed by atoms with Crippen molar-refractivity contribution >= 4 is 0 Å². The molecule has 0 aromatic heterocycles. The van der Waals surface area contributed by atoms with Crippen LogP contribution in [0.5, 0.6) is 0 Å². The average molecular weight is 388 g/mol. The van der Waals surface area contributed by atoms with E-state index in [2.05, 4.69) is 75.9 Å². The van der Waals surface area contributed by atoms with E-state index in [1.807, 2.05) is 30.3 Å². The number of hydrogen-bond donors (Lipinski definition) is 1. The Morgan fingerprint density at radius 1 is 0.759 bits per heavy atom. The van der Waals surface area contributed by atoms with Crippen molar-refractivity contribution in [2.24, 2.45) is 0 Å². The second-order valence-corrected chi connectivity index (χ2v) is 8.30. The summed E-state index contributed by atoms with van der Waals surface area (Å²) in [5.74, 6) is 0. The summed E-state index contributed by atoms with van der Waals surface area (Å²) in [5.41, 5.74) is 8.85. The smallest absolute Gasteiger partial charge is 0.0942 e. The van der Waals surface area contributed by atoms with Gasteiger partial charge in [-0.25, -0.2) is 0 Å². The molecule has 0 radical (unpaired) electrons. The van der Waals surface area contributed by atoms with E-state index in [0.29, 0.717) is 0 Å². The lowest BCUT2D eigenvalue weighted by atomic mass is 9.96. The number of rotatable bonds is 7. The van der Waals surface area contributed by atoms with Crippen LogP contribution >= 0.6 is 0 Å². The molecule has 0 fully saturated rings. The van der Waals surface area contributed by atoms with E-state index in [9.17, 15) is 5.11 Å². The van der Waals surface area contributed by atoms with Crippen LogP contribution < -0.4 is 0 Å². The molecule has 2 heteroatoms. The molecular formula is C27H33NO. The maximum absolute atomic E-state index is 11.1. The largest absolute Gasteiger partial charge is 0.387 e. The highest BCUT2D eigenvalue weighted by atomic mass is 16.3. The molecule has 0 spiro atoms. The molecule has 0 unspecified atom stereocenters. The summed E-state index contributed by atoms with van der Waals surface area (Å²) >= 11 is 0. The normalized spacial score (nSPS) is 13.5. The van der Waals surface area contributed by atoms with Crippen molar-refractivity contribution in [3.63, 3.8) is 0 Å². The Morgan fingerprint density at radius 3 is 1.97 bits per heavy atom. The monoisotopic (exact) mass is 387 g/mol. The van der Waals surface area contributed by atoms with Gasteiger partial charge in [-0.2, -0.15) is 0 Å². The highest BCUT2D eigenvalue weighted by Crippen LogP contribution is 2.27. The number of nitrogens with zero attached hydrogens (tertiary/aromatic N) is 1. The van der Waals surface area contributed by atoms with Gasteiger partial charge in [0.2, 0.25) is 0 Å². The second-order valence-electron chi connectivity index (χ2n) is 8.30. The Labute approximate surface area is 175 Å². The zero-order valence-corrected chi connectivity index (χ0v) is 18.3. The van der Waals surface area contributed by atoms with Crippen LogP contribution in [0.25, 0.3) is 0 Å². The first kappa shape index (κ1) is 21.3. The van der Waals surface area contributed by atoms with Crippen molar-refractivity contribution in [3.8, 4) is 0 Å². The fourth-order valence-corrected chi connectivity index (χ4v) is 4.14. The Bertz CT molecular complexity index is 925. The van der Waals surface area contributed by atoms with Gasteiger partial charge in [0, 0.05) is 19.1 Å². The Hall–Kier alpha value is -2.42. The first-order valence-corrected chi connectivity index (χ1v) is 10.4. The van der Waals surface area contributed by atoms with Gasteiger partial charge in [-0.3, -0.25) is 4.90 Å². The summed E-state index contributed by atoms with van der Waals surface area (Å²) in [7, 11) is 0. The summed E-state index contributed by atoms with van der Waals surface area (Å²) in [4.78, 5) is 2.41. The molecule has 3 rings (SSSR count). The van der Waals surface area contributed by atoms with Crippen molar-refractivity contribution in [1.29, 1.82) is 0 Å². The maximum atomic E-state index is 11.1. The van der Waals surface area contributed by atoms with E-state index >= 15 is 0 Å². The molecule has 29 heavy (non-hydrogen) atoms. The lowest BCUT2D eigenvalue weighted by Gasteiger charge is -2.34. The van der Waals surface area contributed by atoms with Crippen LogP contribution in [0.4, 0.5) is 0 Å². The molecule has 0 amide bonds. The third kappa shape index (κ3) is 5.14. The molecule has 0 aliphatic heterocycles. The minimum absolute atomic E-state index is 0.0166. The molecule has 2 atom stereocenters. The first-order chi connectivity index (χ1) is 13.9. The Kier molecular flexibility index (Phi) is 6.89. The van der Waals surface area contributed by atoms with E-state index in [1.165, 1.54) is 33.4 Å². The van der Waals surface area contributed by atoms with Gasteiger partial charge in [-0.05, 0) is 68.0 Å². The van der Waals surface area contributed by atoms with E-state index in [4.69, 9.17) is 0 Å². The molecule has 0 bridgehead atoms. The van der Waals surface area contributed by atoms with E-state index < -0.39 is 6.10 Å². The van der Waals surface area contributed by atoms with E-state index in [1.54, 1.807) is 0 Å². The van der Waals surface area contributed by atoms with Gasteiger partial charge in [-0.1, -0.05) is 72.3 Å². The molecular weight excluding hydrogens is 354 g/mol. The molecule has 0 saturated carbocycles.